The van der Waals surface area contributed by atoms with Gasteiger partial charge >= 0.3 is 0 Å². The third-order valence-corrected chi connectivity index (χ3v) is 5.71. The second-order valence-electron chi connectivity index (χ2n) is 3.90. The second kappa shape index (κ2) is 6.53. The highest BCUT2D eigenvalue weighted by molar-refractivity contribution is 7.91. The summed E-state index contributed by atoms with van der Waals surface area (Å²) in [5.41, 5.74) is 0.400. The number of nitrogens with one attached hydrogen (secondary N) is 1. The predicted octanol–water partition coefficient (Wildman–Crippen LogP) is 2.46. The molecule has 0 spiro atoms. The van der Waals surface area contributed by atoms with Gasteiger partial charge in [0.2, 0.25) is 0 Å². The van der Waals surface area contributed by atoms with Crippen LogP contribution in [0, 0.1) is 6.92 Å². The molecule has 0 aliphatic carbocycles. The second-order valence-corrected chi connectivity index (χ2v) is 7.44. The lowest BCUT2D eigenvalue weighted by atomic mass is 10.3. The highest BCUT2D eigenvalue weighted by atomic mass is 35.5. The SMILES string of the molecule is Cc1nc(Cl)sc1S(=O)(=O)NCCOc1ccccc1. The Morgan fingerprint density at radius 2 is 2.05 bits per heavy atom. The predicted molar refractivity (Wildman–Crippen MR) is 79.0 cm³/mol. The molecule has 0 saturated heterocycles. The van der Waals surface area contributed by atoms with Crippen LogP contribution < -0.4 is 9.46 Å². The number of sulfonamides is 1. The molecule has 1 aromatic heterocycles. The Balaban J connectivity index is 1.89. The first-order chi connectivity index (χ1) is 9.49. The van der Waals surface area contributed by atoms with E-state index in [0.717, 1.165) is 11.3 Å². The van der Waals surface area contributed by atoms with Crippen LogP contribution in [0.15, 0.2) is 34.5 Å². The van der Waals surface area contributed by atoms with Gasteiger partial charge < -0.3 is 4.74 Å². The largest absolute Gasteiger partial charge is 0.492 e. The van der Waals surface area contributed by atoms with Crippen molar-refractivity contribution >= 4 is 33.0 Å². The van der Waals surface area contributed by atoms with E-state index >= 15 is 0 Å². The quantitative estimate of drug-likeness (QED) is 0.825. The summed E-state index contributed by atoms with van der Waals surface area (Å²) in [5, 5.41) is 0. The normalized spacial score (nSPS) is 11.5. The van der Waals surface area contributed by atoms with Crippen LogP contribution in [0.3, 0.4) is 0 Å². The van der Waals surface area contributed by atoms with Crippen molar-refractivity contribution in [2.75, 3.05) is 13.2 Å². The maximum Gasteiger partial charge on any atom is 0.252 e. The number of benzene rings is 1. The van der Waals surface area contributed by atoms with Crippen LogP contribution in [0.2, 0.25) is 4.47 Å². The van der Waals surface area contributed by atoms with Crippen LogP contribution in [-0.4, -0.2) is 26.6 Å². The molecule has 8 heteroatoms. The number of para-hydroxylation sites is 1. The van der Waals surface area contributed by atoms with Gasteiger partial charge in [-0.3, -0.25) is 0 Å². The molecule has 20 heavy (non-hydrogen) atoms. The third kappa shape index (κ3) is 3.92. The number of rotatable bonds is 6. The van der Waals surface area contributed by atoms with Gasteiger partial charge in [0.1, 0.15) is 12.4 Å². The van der Waals surface area contributed by atoms with Crippen molar-refractivity contribution < 1.29 is 13.2 Å². The molecular weight excluding hydrogens is 320 g/mol. The minimum Gasteiger partial charge on any atom is -0.492 e. The molecule has 0 radical (unpaired) electrons. The maximum absolute atomic E-state index is 12.0. The van der Waals surface area contributed by atoms with Crippen LogP contribution in [0.4, 0.5) is 0 Å². The minimum atomic E-state index is -3.58. The molecule has 2 aromatic rings. The molecular formula is C12H13ClN2O3S2. The van der Waals surface area contributed by atoms with E-state index in [0.29, 0.717) is 11.4 Å². The Morgan fingerprint density at radius 3 is 2.65 bits per heavy atom. The smallest absolute Gasteiger partial charge is 0.252 e. The van der Waals surface area contributed by atoms with Gasteiger partial charge in [-0.05, 0) is 19.1 Å². The zero-order valence-electron chi connectivity index (χ0n) is 10.7. The summed E-state index contributed by atoms with van der Waals surface area (Å²) >= 11 is 6.64. The number of aryl methyl sites for hydroxylation is 1. The molecule has 5 nitrogen and oxygen atoms in total. The van der Waals surface area contributed by atoms with Gasteiger partial charge in [-0.25, -0.2) is 18.1 Å². The summed E-state index contributed by atoms with van der Waals surface area (Å²) in [5.74, 6) is 0.698. The number of aromatic nitrogens is 1. The summed E-state index contributed by atoms with van der Waals surface area (Å²) in [6, 6.07) is 9.19. The van der Waals surface area contributed by atoms with Crippen molar-refractivity contribution in [2.45, 2.75) is 11.1 Å². The Kier molecular flexibility index (Phi) is 4.98. The highest BCUT2D eigenvalue weighted by Gasteiger charge is 2.20. The lowest BCUT2D eigenvalue weighted by molar-refractivity contribution is 0.323. The Labute approximate surface area is 126 Å². The Bertz CT molecular complexity index is 671. The van der Waals surface area contributed by atoms with Gasteiger partial charge in [0, 0.05) is 6.54 Å². The van der Waals surface area contributed by atoms with E-state index in [-0.39, 0.29) is 21.8 Å². The number of hydrogen-bond acceptors (Lipinski definition) is 5. The molecule has 1 aromatic carbocycles. The summed E-state index contributed by atoms with van der Waals surface area (Å²) in [7, 11) is -3.58. The molecule has 1 N–H and O–H groups in total. The van der Waals surface area contributed by atoms with E-state index < -0.39 is 10.0 Å². The van der Waals surface area contributed by atoms with Gasteiger partial charge in [-0.15, -0.1) is 0 Å². The van der Waals surface area contributed by atoms with Crippen LogP contribution >= 0.6 is 22.9 Å². The molecule has 0 atom stereocenters. The molecule has 0 unspecified atom stereocenters. The van der Waals surface area contributed by atoms with E-state index in [9.17, 15) is 8.42 Å². The maximum atomic E-state index is 12.0. The van der Waals surface area contributed by atoms with Crippen molar-refractivity contribution in [3.8, 4) is 5.75 Å². The first-order valence-corrected chi connectivity index (χ1v) is 8.47. The monoisotopic (exact) mass is 332 g/mol. The number of thiazole rings is 1. The molecule has 0 amide bonds. The summed E-state index contributed by atoms with van der Waals surface area (Å²) in [6.07, 6.45) is 0. The van der Waals surface area contributed by atoms with Crippen molar-refractivity contribution in [3.05, 3.63) is 40.5 Å². The molecule has 108 valence electrons. The topological polar surface area (TPSA) is 68.3 Å². The van der Waals surface area contributed by atoms with Crippen LogP contribution in [-0.2, 0) is 10.0 Å². The molecule has 0 aliphatic heterocycles. The summed E-state index contributed by atoms with van der Waals surface area (Å²) in [4.78, 5) is 3.89. The van der Waals surface area contributed by atoms with Crippen LogP contribution in [0.5, 0.6) is 5.75 Å². The number of hydrogen-bond donors (Lipinski definition) is 1. The van der Waals surface area contributed by atoms with Gasteiger partial charge in [0.05, 0.1) is 5.69 Å². The van der Waals surface area contributed by atoms with Gasteiger partial charge in [0.25, 0.3) is 10.0 Å². The fourth-order valence-corrected chi connectivity index (χ4v) is 4.32. The highest BCUT2D eigenvalue weighted by Crippen LogP contribution is 2.26. The fraction of sp³-hybridized carbons (Fsp3) is 0.250. The third-order valence-electron chi connectivity index (χ3n) is 2.38. The van der Waals surface area contributed by atoms with Crippen LogP contribution in [0.25, 0.3) is 0 Å². The van der Waals surface area contributed by atoms with Crippen molar-refractivity contribution in [3.63, 3.8) is 0 Å². The summed E-state index contributed by atoms with van der Waals surface area (Å²) in [6.45, 7) is 2.03. The zero-order valence-corrected chi connectivity index (χ0v) is 13.1. The molecule has 0 saturated carbocycles. The van der Waals surface area contributed by atoms with E-state index in [1.807, 2.05) is 30.3 Å². The van der Waals surface area contributed by atoms with Crippen molar-refractivity contribution in [1.82, 2.24) is 9.71 Å². The minimum absolute atomic E-state index is 0.141. The average molecular weight is 333 g/mol. The molecule has 1 heterocycles. The van der Waals surface area contributed by atoms with E-state index in [4.69, 9.17) is 16.3 Å². The number of ether oxygens (including phenoxy) is 1. The lowest BCUT2D eigenvalue weighted by Crippen LogP contribution is -2.28. The van der Waals surface area contributed by atoms with Gasteiger partial charge in [0.15, 0.2) is 8.68 Å². The zero-order chi connectivity index (χ0) is 14.6. The fourth-order valence-electron chi connectivity index (χ4n) is 1.53. The van der Waals surface area contributed by atoms with Gasteiger partial charge in [-0.1, -0.05) is 41.1 Å². The standard InChI is InChI=1S/C12H13ClN2O3S2/c1-9-11(19-12(13)15-9)20(16,17)14-7-8-18-10-5-3-2-4-6-10/h2-6,14H,7-8H2,1H3. The van der Waals surface area contributed by atoms with Crippen molar-refractivity contribution in [1.29, 1.82) is 0 Å². The molecule has 0 bridgehead atoms. The first kappa shape index (κ1) is 15.2. The number of nitrogens with zero attached hydrogens (tertiary/aromatic N) is 1. The molecule has 0 aliphatic rings. The van der Waals surface area contributed by atoms with E-state index in [2.05, 4.69) is 9.71 Å². The van der Waals surface area contributed by atoms with Crippen LogP contribution in [0.1, 0.15) is 5.69 Å². The first-order valence-electron chi connectivity index (χ1n) is 5.79. The average Bonchev–Trinajstić information content (AvgIpc) is 2.76. The number of halogens is 1. The molecule has 0 fully saturated rings. The molecule has 2 rings (SSSR count). The lowest BCUT2D eigenvalue weighted by Gasteiger charge is -2.07. The Hall–Kier alpha value is -1.15. The van der Waals surface area contributed by atoms with E-state index in [1.165, 1.54) is 0 Å². The van der Waals surface area contributed by atoms with Gasteiger partial charge in [-0.2, -0.15) is 0 Å². The van der Waals surface area contributed by atoms with E-state index in [1.54, 1.807) is 6.92 Å². The Morgan fingerprint density at radius 1 is 1.35 bits per heavy atom. The van der Waals surface area contributed by atoms with Crippen molar-refractivity contribution in [2.24, 2.45) is 0 Å². The summed E-state index contributed by atoms with van der Waals surface area (Å²) < 4.78 is 32.3.